The maximum atomic E-state index is 12.6. The molecule has 2 N–H and O–H groups in total. The van der Waals surface area contributed by atoms with Crippen molar-refractivity contribution in [3.63, 3.8) is 0 Å². The zero-order valence-electron chi connectivity index (χ0n) is 16.1. The quantitative estimate of drug-likeness (QED) is 0.632. The van der Waals surface area contributed by atoms with E-state index >= 15 is 0 Å². The highest BCUT2D eigenvalue weighted by atomic mass is 32.2. The van der Waals surface area contributed by atoms with Gasteiger partial charge in [-0.25, -0.2) is 13.4 Å². The number of ether oxygens (including phenoxy) is 1. The Morgan fingerprint density at radius 3 is 2.69 bits per heavy atom. The summed E-state index contributed by atoms with van der Waals surface area (Å²) in [6.45, 7) is 1.62. The van der Waals surface area contributed by atoms with E-state index in [1.165, 1.54) is 30.1 Å². The van der Waals surface area contributed by atoms with Crippen molar-refractivity contribution in [2.45, 2.75) is 13.5 Å². The molecule has 0 fully saturated rings. The molecule has 0 aliphatic heterocycles. The summed E-state index contributed by atoms with van der Waals surface area (Å²) in [5.74, 6) is -0.157. The third kappa shape index (κ3) is 4.72. The fourth-order valence-electron chi connectivity index (χ4n) is 2.87. The van der Waals surface area contributed by atoms with Crippen LogP contribution in [0.25, 0.3) is 10.9 Å². The number of para-hydroxylation sites is 1. The molecule has 0 aliphatic rings. The summed E-state index contributed by atoms with van der Waals surface area (Å²) in [5.41, 5.74) is 1.69. The van der Waals surface area contributed by atoms with Crippen LogP contribution >= 0.6 is 0 Å². The van der Waals surface area contributed by atoms with Crippen LogP contribution in [0.3, 0.4) is 0 Å². The van der Waals surface area contributed by atoms with Gasteiger partial charge < -0.3 is 10.1 Å². The number of anilines is 2. The summed E-state index contributed by atoms with van der Waals surface area (Å²) in [4.78, 5) is 29.3. The van der Waals surface area contributed by atoms with Gasteiger partial charge in [-0.2, -0.15) is 0 Å². The second-order valence-electron chi connectivity index (χ2n) is 6.49. The number of carbonyl (C=O) groups is 1. The topological polar surface area (TPSA) is 119 Å². The number of benzene rings is 2. The third-order valence-electron chi connectivity index (χ3n) is 4.15. The Morgan fingerprint density at radius 2 is 2.00 bits per heavy atom. The van der Waals surface area contributed by atoms with E-state index in [9.17, 15) is 18.0 Å². The van der Waals surface area contributed by atoms with Gasteiger partial charge in [0.1, 0.15) is 12.3 Å². The molecule has 0 spiro atoms. The Kier molecular flexibility index (Phi) is 5.55. The van der Waals surface area contributed by atoms with Crippen molar-refractivity contribution in [2.24, 2.45) is 0 Å². The molecule has 3 aromatic rings. The zero-order valence-corrected chi connectivity index (χ0v) is 16.9. The molecular weight excluding hydrogens is 396 g/mol. The van der Waals surface area contributed by atoms with Crippen molar-refractivity contribution in [1.82, 2.24) is 9.55 Å². The largest absolute Gasteiger partial charge is 0.495 e. The first-order valence-electron chi connectivity index (χ1n) is 8.58. The number of hydrogen-bond acceptors (Lipinski definition) is 6. The highest BCUT2D eigenvalue weighted by Crippen LogP contribution is 2.28. The predicted molar refractivity (Wildman–Crippen MR) is 111 cm³/mol. The summed E-state index contributed by atoms with van der Waals surface area (Å²) >= 11 is 0. The van der Waals surface area contributed by atoms with E-state index in [-0.39, 0.29) is 17.8 Å². The number of nitrogens with one attached hydrogen (secondary N) is 2. The second-order valence-corrected chi connectivity index (χ2v) is 8.23. The summed E-state index contributed by atoms with van der Waals surface area (Å²) in [6, 6.07) is 9.81. The average Bonchev–Trinajstić information content (AvgIpc) is 2.63. The van der Waals surface area contributed by atoms with Crippen molar-refractivity contribution in [2.75, 3.05) is 23.4 Å². The molecule has 9 nitrogen and oxygen atoms in total. The molecule has 1 heterocycles. The van der Waals surface area contributed by atoms with E-state index in [1.54, 1.807) is 18.2 Å². The van der Waals surface area contributed by atoms with Crippen molar-refractivity contribution < 1.29 is 17.9 Å². The summed E-state index contributed by atoms with van der Waals surface area (Å²) < 4.78 is 31.7. The van der Waals surface area contributed by atoms with Crippen LogP contribution in [0.4, 0.5) is 11.4 Å². The van der Waals surface area contributed by atoms with Gasteiger partial charge in [0.05, 0.1) is 36.3 Å². The van der Waals surface area contributed by atoms with Gasteiger partial charge in [0.15, 0.2) is 0 Å². The van der Waals surface area contributed by atoms with E-state index in [2.05, 4.69) is 15.0 Å². The molecule has 2 aromatic carbocycles. The number of amides is 1. The van der Waals surface area contributed by atoms with Gasteiger partial charge >= 0.3 is 0 Å². The molecule has 1 aromatic heterocycles. The minimum atomic E-state index is -3.53. The molecule has 1 amide bonds. The van der Waals surface area contributed by atoms with Gasteiger partial charge in [0, 0.05) is 5.69 Å². The number of rotatable bonds is 6. The van der Waals surface area contributed by atoms with Crippen molar-refractivity contribution in [3.8, 4) is 5.75 Å². The van der Waals surface area contributed by atoms with Crippen LogP contribution in [0.15, 0.2) is 47.5 Å². The number of sulfonamides is 1. The molecule has 0 saturated carbocycles. The highest BCUT2D eigenvalue weighted by molar-refractivity contribution is 7.92. The fraction of sp³-hybridized carbons (Fsp3) is 0.211. The number of carbonyl (C=O) groups excluding carboxylic acids is 1. The first-order valence-corrected chi connectivity index (χ1v) is 10.5. The molecule has 0 bridgehead atoms. The minimum absolute atomic E-state index is 0.188. The molecule has 0 unspecified atom stereocenters. The zero-order chi connectivity index (χ0) is 21.2. The molecule has 3 rings (SSSR count). The minimum Gasteiger partial charge on any atom is -0.495 e. The number of aromatic nitrogens is 2. The van der Waals surface area contributed by atoms with Crippen LogP contribution in [0, 0.1) is 6.92 Å². The summed E-state index contributed by atoms with van der Waals surface area (Å²) in [6.07, 6.45) is 2.35. The van der Waals surface area contributed by atoms with E-state index in [4.69, 9.17) is 4.74 Å². The Morgan fingerprint density at radius 1 is 1.24 bits per heavy atom. The van der Waals surface area contributed by atoms with E-state index in [1.807, 2.05) is 13.0 Å². The number of hydrogen-bond donors (Lipinski definition) is 2. The molecule has 0 radical (unpaired) electrons. The normalized spacial score (nSPS) is 11.3. The van der Waals surface area contributed by atoms with Gasteiger partial charge in [-0.3, -0.25) is 18.9 Å². The standard InChI is InChI=1S/C19H20N4O5S/c1-12-5-4-6-14-18(12)20-11-23(19(14)25)10-17(24)21-13-7-8-16(28-2)15(9-13)22-29(3,26)27/h4-9,11,22H,10H2,1-3H3,(H,21,24). The number of methoxy groups -OCH3 is 1. The van der Waals surface area contributed by atoms with Gasteiger partial charge in [-0.1, -0.05) is 12.1 Å². The van der Waals surface area contributed by atoms with Crippen LogP contribution in [0.5, 0.6) is 5.75 Å². The Bertz CT molecular complexity index is 1250. The number of aryl methyl sites for hydroxylation is 1. The lowest BCUT2D eigenvalue weighted by atomic mass is 10.1. The van der Waals surface area contributed by atoms with E-state index in [0.29, 0.717) is 22.3 Å². The lowest BCUT2D eigenvalue weighted by molar-refractivity contribution is -0.116. The third-order valence-corrected chi connectivity index (χ3v) is 4.74. The van der Waals surface area contributed by atoms with E-state index in [0.717, 1.165) is 11.8 Å². The van der Waals surface area contributed by atoms with Crippen molar-refractivity contribution >= 4 is 38.2 Å². The van der Waals surface area contributed by atoms with Crippen molar-refractivity contribution in [3.05, 3.63) is 58.6 Å². The molecule has 0 aliphatic carbocycles. The maximum absolute atomic E-state index is 12.6. The van der Waals surface area contributed by atoms with Gasteiger partial charge in [-0.05, 0) is 36.8 Å². The van der Waals surface area contributed by atoms with Crippen LogP contribution in [-0.4, -0.2) is 37.2 Å². The Hall–Kier alpha value is -3.40. The summed E-state index contributed by atoms with van der Waals surface area (Å²) in [5, 5.41) is 3.07. The smallest absolute Gasteiger partial charge is 0.261 e. The first kappa shape index (κ1) is 20.3. The fourth-order valence-corrected chi connectivity index (χ4v) is 3.43. The SMILES string of the molecule is COc1ccc(NC(=O)Cn2cnc3c(C)cccc3c2=O)cc1NS(C)(=O)=O. The van der Waals surface area contributed by atoms with Crippen LogP contribution in [0.2, 0.25) is 0 Å². The maximum Gasteiger partial charge on any atom is 0.261 e. The molecule has 0 saturated heterocycles. The predicted octanol–water partition coefficient (Wildman–Crippen LogP) is 1.72. The van der Waals surface area contributed by atoms with Gasteiger partial charge in [-0.15, -0.1) is 0 Å². The van der Waals surface area contributed by atoms with Crippen LogP contribution in [-0.2, 0) is 21.4 Å². The highest BCUT2D eigenvalue weighted by Gasteiger charge is 2.12. The monoisotopic (exact) mass is 416 g/mol. The van der Waals surface area contributed by atoms with Crippen molar-refractivity contribution in [1.29, 1.82) is 0 Å². The Balaban J connectivity index is 1.83. The number of nitrogens with zero attached hydrogens (tertiary/aromatic N) is 2. The lowest BCUT2D eigenvalue weighted by Gasteiger charge is -2.13. The van der Waals surface area contributed by atoms with Gasteiger partial charge in [0.2, 0.25) is 15.9 Å². The van der Waals surface area contributed by atoms with Crippen LogP contribution < -0.4 is 20.3 Å². The van der Waals surface area contributed by atoms with Crippen LogP contribution in [0.1, 0.15) is 5.56 Å². The Labute approximate surface area is 167 Å². The lowest BCUT2D eigenvalue weighted by Crippen LogP contribution is -2.28. The number of fused-ring (bicyclic) bond motifs is 1. The first-order chi connectivity index (χ1) is 13.7. The second kappa shape index (κ2) is 7.92. The summed E-state index contributed by atoms with van der Waals surface area (Å²) in [7, 11) is -2.13. The molecule has 29 heavy (non-hydrogen) atoms. The molecule has 10 heteroatoms. The molecule has 152 valence electrons. The molecular formula is C19H20N4O5S. The average molecular weight is 416 g/mol. The van der Waals surface area contributed by atoms with Gasteiger partial charge in [0.25, 0.3) is 5.56 Å². The molecule has 0 atom stereocenters. The van der Waals surface area contributed by atoms with E-state index < -0.39 is 15.9 Å².